The lowest BCUT2D eigenvalue weighted by atomic mass is 10.0. The Morgan fingerprint density at radius 1 is 0.519 bits per heavy atom. The fraction of sp³-hybridized carbons (Fsp3) is 0.158. The van der Waals surface area contributed by atoms with E-state index in [1.165, 1.54) is 11.1 Å². The third kappa shape index (κ3) is 4.18. The van der Waals surface area contributed by atoms with Gasteiger partial charge in [-0.15, -0.1) is 50.5 Å². The minimum atomic E-state index is 0.549. The largest absolute Gasteiger partial charge is 0.237 e. The van der Waals surface area contributed by atoms with Crippen molar-refractivity contribution in [2.45, 2.75) is 39.4 Å². The van der Waals surface area contributed by atoms with Crippen LogP contribution in [0.5, 0.6) is 0 Å². The molecule has 0 spiro atoms. The summed E-state index contributed by atoms with van der Waals surface area (Å²) in [5, 5.41) is 2.20. The van der Waals surface area contributed by atoms with Crippen molar-refractivity contribution in [3.05, 3.63) is 47.5 Å². The molecule has 8 heteroatoms. The minimum absolute atomic E-state index is 0.549. The lowest BCUT2D eigenvalue weighted by Gasteiger charge is -2.06. The Bertz CT molecular complexity index is 1070. The van der Waals surface area contributed by atoms with E-state index in [2.05, 4.69) is 94.7 Å². The van der Waals surface area contributed by atoms with E-state index in [4.69, 9.17) is 0 Å². The SMILES string of the molecule is Sc1nc2ccc(CCCc3ccc4nc(S)c(S)nc4c3)cc2nc1S. The number of hydrogen-bond donors (Lipinski definition) is 4. The highest BCUT2D eigenvalue weighted by molar-refractivity contribution is 7.83. The Morgan fingerprint density at radius 2 is 0.889 bits per heavy atom. The summed E-state index contributed by atoms with van der Waals surface area (Å²) in [5.74, 6) is 0. The molecule has 0 aliphatic carbocycles. The fourth-order valence-corrected chi connectivity index (χ4v) is 3.60. The average molecular weight is 429 g/mol. The van der Waals surface area contributed by atoms with E-state index < -0.39 is 0 Å². The maximum Gasteiger partial charge on any atom is 0.126 e. The zero-order chi connectivity index (χ0) is 19.0. The van der Waals surface area contributed by atoms with Gasteiger partial charge in [-0.25, -0.2) is 19.9 Å². The molecular weight excluding hydrogens is 413 g/mol. The topological polar surface area (TPSA) is 51.6 Å². The molecule has 4 aromatic rings. The lowest BCUT2D eigenvalue weighted by Crippen LogP contribution is -1.94. The highest BCUT2D eigenvalue weighted by atomic mass is 32.1. The van der Waals surface area contributed by atoms with Crippen LogP contribution in [-0.4, -0.2) is 19.9 Å². The molecule has 0 aliphatic heterocycles. The van der Waals surface area contributed by atoms with Gasteiger partial charge in [-0.2, -0.15) is 0 Å². The third-order valence-corrected chi connectivity index (χ3v) is 5.92. The summed E-state index contributed by atoms with van der Waals surface area (Å²) in [6.07, 6.45) is 2.94. The summed E-state index contributed by atoms with van der Waals surface area (Å²) in [6, 6.07) is 12.3. The molecule has 2 heterocycles. The number of fused-ring (bicyclic) bond motifs is 2. The first-order valence-corrected chi connectivity index (χ1v) is 10.2. The Kier molecular flexibility index (Phi) is 5.50. The van der Waals surface area contributed by atoms with Crippen molar-refractivity contribution < 1.29 is 0 Å². The molecule has 0 bridgehead atoms. The van der Waals surface area contributed by atoms with Gasteiger partial charge in [-0.05, 0) is 54.7 Å². The quantitative estimate of drug-likeness (QED) is 0.349. The van der Waals surface area contributed by atoms with E-state index in [9.17, 15) is 0 Å². The summed E-state index contributed by atoms with van der Waals surface area (Å²) in [7, 11) is 0. The summed E-state index contributed by atoms with van der Waals surface area (Å²) in [5.41, 5.74) is 5.82. The zero-order valence-electron chi connectivity index (χ0n) is 14.2. The maximum atomic E-state index is 4.45. The molecule has 0 aliphatic rings. The van der Waals surface area contributed by atoms with Crippen molar-refractivity contribution in [2.24, 2.45) is 0 Å². The number of thiol groups is 4. The lowest BCUT2D eigenvalue weighted by molar-refractivity contribution is 0.820. The van der Waals surface area contributed by atoms with Crippen LogP contribution in [0.1, 0.15) is 17.5 Å². The van der Waals surface area contributed by atoms with E-state index in [-0.39, 0.29) is 0 Å². The number of aryl methyl sites for hydroxylation is 2. The van der Waals surface area contributed by atoms with Crippen molar-refractivity contribution in [1.82, 2.24) is 19.9 Å². The highest BCUT2D eigenvalue weighted by Crippen LogP contribution is 2.22. The molecule has 0 saturated heterocycles. The number of nitrogens with zero attached hydrogens (tertiary/aromatic N) is 4. The van der Waals surface area contributed by atoms with Gasteiger partial charge in [0.15, 0.2) is 0 Å². The fourth-order valence-electron chi connectivity index (χ4n) is 2.97. The molecule has 0 unspecified atom stereocenters. The first-order valence-electron chi connectivity index (χ1n) is 8.37. The van der Waals surface area contributed by atoms with E-state index >= 15 is 0 Å². The Labute approximate surface area is 178 Å². The second-order valence-electron chi connectivity index (χ2n) is 6.24. The monoisotopic (exact) mass is 428 g/mol. The predicted molar refractivity (Wildman–Crippen MR) is 120 cm³/mol. The molecule has 4 nitrogen and oxygen atoms in total. The smallest absolute Gasteiger partial charge is 0.126 e. The standard InChI is InChI=1S/C19H16N4S4/c24-16-18(26)22-14-8-10(4-6-12(14)20-16)2-1-3-11-5-7-13-15(9-11)23-19(27)17(25)21-13/h4-9H,1-3H2,(H,20,24)(H,21,25)(H,22,26)(H,23,27). The molecule has 2 aromatic heterocycles. The average Bonchev–Trinajstić information content (AvgIpc) is 2.64. The number of rotatable bonds is 4. The van der Waals surface area contributed by atoms with E-state index in [1.807, 2.05) is 12.1 Å². The molecule has 0 fully saturated rings. The van der Waals surface area contributed by atoms with Gasteiger partial charge in [-0.1, -0.05) is 12.1 Å². The second kappa shape index (κ2) is 7.87. The normalized spacial score (nSPS) is 11.4. The summed E-state index contributed by atoms with van der Waals surface area (Å²) < 4.78 is 0. The van der Waals surface area contributed by atoms with Gasteiger partial charge in [0.25, 0.3) is 0 Å². The second-order valence-corrected chi connectivity index (χ2v) is 7.94. The number of aromatic nitrogens is 4. The van der Waals surface area contributed by atoms with Gasteiger partial charge >= 0.3 is 0 Å². The van der Waals surface area contributed by atoms with Crippen molar-refractivity contribution in [1.29, 1.82) is 0 Å². The van der Waals surface area contributed by atoms with Crippen LogP contribution in [0.25, 0.3) is 22.1 Å². The zero-order valence-corrected chi connectivity index (χ0v) is 17.7. The van der Waals surface area contributed by atoms with Crippen molar-refractivity contribution in [3.8, 4) is 0 Å². The molecule has 27 heavy (non-hydrogen) atoms. The van der Waals surface area contributed by atoms with E-state index in [1.54, 1.807) is 0 Å². The van der Waals surface area contributed by atoms with Crippen LogP contribution < -0.4 is 0 Å². The summed E-state index contributed by atoms with van der Waals surface area (Å²) in [6.45, 7) is 0. The summed E-state index contributed by atoms with van der Waals surface area (Å²) in [4.78, 5) is 17.7. The van der Waals surface area contributed by atoms with E-state index in [0.717, 1.165) is 41.3 Å². The van der Waals surface area contributed by atoms with Crippen LogP contribution >= 0.6 is 50.5 Å². The van der Waals surface area contributed by atoms with E-state index in [0.29, 0.717) is 20.1 Å². The van der Waals surface area contributed by atoms with Gasteiger partial charge in [0.1, 0.15) is 20.1 Å². The Balaban J connectivity index is 1.47. The maximum absolute atomic E-state index is 4.45. The summed E-state index contributed by atoms with van der Waals surface area (Å²) >= 11 is 17.1. The van der Waals surface area contributed by atoms with Crippen molar-refractivity contribution >= 4 is 72.6 Å². The van der Waals surface area contributed by atoms with Crippen LogP contribution in [0, 0.1) is 0 Å². The number of hydrogen-bond acceptors (Lipinski definition) is 8. The van der Waals surface area contributed by atoms with Gasteiger partial charge in [0.05, 0.1) is 22.1 Å². The predicted octanol–water partition coefficient (Wildman–Crippen LogP) is 4.90. The number of benzene rings is 2. The molecule has 0 saturated carbocycles. The van der Waals surface area contributed by atoms with Crippen LogP contribution in [0.2, 0.25) is 0 Å². The molecule has 0 N–H and O–H groups in total. The van der Waals surface area contributed by atoms with Crippen LogP contribution in [-0.2, 0) is 12.8 Å². The molecule has 0 radical (unpaired) electrons. The molecule has 0 atom stereocenters. The first-order chi connectivity index (χ1) is 13.0. The minimum Gasteiger partial charge on any atom is -0.237 e. The highest BCUT2D eigenvalue weighted by Gasteiger charge is 2.06. The Hall–Kier alpha value is -1.48. The first kappa shape index (κ1) is 18.9. The van der Waals surface area contributed by atoms with Gasteiger partial charge in [-0.3, -0.25) is 0 Å². The van der Waals surface area contributed by atoms with Crippen LogP contribution in [0.15, 0.2) is 56.5 Å². The molecular formula is C19H16N4S4. The van der Waals surface area contributed by atoms with Crippen molar-refractivity contribution in [3.63, 3.8) is 0 Å². The molecule has 4 rings (SSSR count). The van der Waals surface area contributed by atoms with Gasteiger partial charge in [0, 0.05) is 0 Å². The van der Waals surface area contributed by atoms with Crippen LogP contribution in [0.3, 0.4) is 0 Å². The molecule has 2 aromatic carbocycles. The van der Waals surface area contributed by atoms with Gasteiger partial charge < -0.3 is 0 Å². The third-order valence-electron chi connectivity index (χ3n) is 4.32. The molecule has 0 amide bonds. The molecule has 136 valence electrons. The van der Waals surface area contributed by atoms with Crippen LogP contribution in [0.4, 0.5) is 0 Å². The van der Waals surface area contributed by atoms with Crippen molar-refractivity contribution in [2.75, 3.05) is 0 Å². The Morgan fingerprint density at radius 3 is 1.30 bits per heavy atom. The van der Waals surface area contributed by atoms with Gasteiger partial charge in [0.2, 0.25) is 0 Å².